The van der Waals surface area contributed by atoms with Crippen molar-refractivity contribution < 1.29 is 82.3 Å². The summed E-state index contributed by atoms with van der Waals surface area (Å²) in [6, 6.07) is 9.37. The first-order chi connectivity index (χ1) is 33.5. The van der Waals surface area contributed by atoms with E-state index in [0.29, 0.717) is 99.6 Å². The number of hydrogen-bond donors (Lipinski definition) is 5. The van der Waals surface area contributed by atoms with E-state index in [1.807, 2.05) is 35.0 Å². The lowest BCUT2D eigenvalue weighted by Crippen LogP contribution is -2.31. The summed E-state index contributed by atoms with van der Waals surface area (Å²) in [6.45, 7) is 13.0. The van der Waals surface area contributed by atoms with Crippen LogP contribution in [0.4, 0.5) is 11.4 Å². The number of rotatable bonds is 37. The molecule has 0 aliphatic carbocycles. The number of methoxy groups -OCH3 is 1. The monoisotopic (exact) mass is 1060 g/mol. The second-order valence-corrected chi connectivity index (χ2v) is 22.6. The number of anilines is 2. The molecule has 0 amide bonds. The van der Waals surface area contributed by atoms with Gasteiger partial charge in [-0.3, -0.25) is 13.7 Å². The Hall–Kier alpha value is -3.53. The molecule has 71 heavy (non-hydrogen) atoms. The fourth-order valence-corrected chi connectivity index (χ4v) is 9.13. The summed E-state index contributed by atoms with van der Waals surface area (Å²) in [5, 5.41) is 20.6. The lowest BCUT2D eigenvalue weighted by molar-refractivity contribution is 0.00455. The summed E-state index contributed by atoms with van der Waals surface area (Å²) >= 11 is 0. The molecule has 0 saturated heterocycles. The summed E-state index contributed by atoms with van der Waals surface area (Å²) < 4.78 is 139. The van der Waals surface area contributed by atoms with E-state index in [2.05, 4.69) is 20.8 Å². The van der Waals surface area contributed by atoms with Crippen LogP contribution in [-0.2, 0) is 68.9 Å². The highest BCUT2D eigenvalue weighted by Crippen LogP contribution is 2.51. The number of aromatic hydroxyl groups is 1. The molecule has 1 aliphatic rings. The van der Waals surface area contributed by atoms with Crippen LogP contribution in [0.3, 0.4) is 0 Å². The Balaban J connectivity index is 1.99. The van der Waals surface area contributed by atoms with E-state index in [4.69, 9.17) is 38.3 Å². The van der Waals surface area contributed by atoms with Gasteiger partial charge in [-0.1, -0.05) is 39.0 Å². The molecule has 3 rings (SSSR count). The molecule has 2 aromatic carbocycles. The zero-order valence-corrected chi connectivity index (χ0v) is 44.1. The SMILES string of the molecule is COCCOCCOCCOCCN(CCCS(=O)(=O)O)c1ccc(C(=C\CC(C)(C)C)/C=C/C=C2\N(CCOCCOCCOCCO)c3ccc(S(=O)(=O)O)cc3C2(C)CCCS(=O)(=O)O)c(O)c1. The zero-order valence-electron chi connectivity index (χ0n) is 41.7. The molecule has 2 aromatic rings. The van der Waals surface area contributed by atoms with Crippen LogP contribution in [0, 0.1) is 5.41 Å². The number of aliphatic hydroxyl groups is 1. The minimum absolute atomic E-state index is 0.00577. The lowest BCUT2D eigenvalue weighted by Gasteiger charge is -2.30. The molecule has 0 saturated carbocycles. The highest BCUT2D eigenvalue weighted by Gasteiger charge is 2.44. The minimum Gasteiger partial charge on any atom is -0.507 e. The summed E-state index contributed by atoms with van der Waals surface area (Å²) in [4.78, 5) is 3.44. The maximum absolute atomic E-state index is 12.4. The Kier molecular flexibility index (Phi) is 26.6. The number of benzene rings is 2. The first-order valence-corrected chi connectivity index (χ1v) is 28.2. The molecule has 0 fully saturated rings. The summed E-state index contributed by atoms with van der Waals surface area (Å²) in [7, 11) is -11.6. The van der Waals surface area contributed by atoms with E-state index in [1.54, 1.807) is 37.5 Å². The Morgan fingerprint density at radius 3 is 1.83 bits per heavy atom. The van der Waals surface area contributed by atoms with E-state index in [1.165, 1.54) is 12.1 Å². The van der Waals surface area contributed by atoms with Gasteiger partial charge in [-0.2, -0.15) is 25.3 Å². The Bertz CT molecular complexity index is 2350. The Morgan fingerprint density at radius 1 is 0.718 bits per heavy atom. The molecule has 0 aromatic heterocycles. The molecule has 23 heteroatoms. The molecule has 0 bridgehead atoms. The van der Waals surface area contributed by atoms with Gasteiger partial charge in [0.25, 0.3) is 30.4 Å². The minimum atomic E-state index is -4.64. The van der Waals surface area contributed by atoms with Gasteiger partial charge in [-0.15, -0.1) is 0 Å². The first-order valence-electron chi connectivity index (χ1n) is 23.5. The van der Waals surface area contributed by atoms with Crippen LogP contribution in [0.15, 0.2) is 71.3 Å². The van der Waals surface area contributed by atoms with Crippen LogP contribution in [-0.4, -0.2) is 180 Å². The average Bonchev–Trinajstić information content (AvgIpc) is 3.50. The van der Waals surface area contributed by atoms with Crippen molar-refractivity contribution in [2.24, 2.45) is 5.41 Å². The summed E-state index contributed by atoms with van der Waals surface area (Å²) in [5.41, 5.74) is 2.27. The fraction of sp³-hybridized carbons (Fsp3) is 0.625. The number of hydrogen-bond acceptors (Lipinski definition) is 17. The van der Waals surface area contributed by atoms with Gasteiger partial charge >= 0.3 is 0 Å². The van der Waals surface area contributed by atoms with Crippen molar-refractivity contribution in [3.63, 3.8) is 0 Å². The second-order valence-electron chi connectivity index (χ2n) is 18.1. The third-order valence-corrected chi connectivity index (χ3v) is 13.6. The van der Waals surface area contributed by atoms with Crippen LogP contribution in [0.25, 0.3) is 5.57 Å². The first kappa shape index (κ1) is 61.8. The molecule has 1 heterocycles. The van der Waals surface area contributed by atoms with Crippen molar-refractivity contribution in [1.29, 1.82) is 0 Å². The molecule has 5 N–H and O–H groups in total. The van der Waals surface area contributed by atoms with Crippen molar-refractivity contribution in [2.45, 2.75) is 63.7 Å². The number of ether oxygens (including phenoxy) is 7. The van der Waals surface area contributed by atoms with E-state index >= 15 is 0 Å². The van der Waals surface area contributed by atoms with Gasteiger partial charge in [0.05, 0.1) is 109 Å². The standard InChI is InChI=1S/C48H76N2O18S3/c1-47(2,3)17-15-39(42-13-11-40(37-45(42)52)49(18-8-36-70(56,57)58)19-22-63-27-30-68-34-33-66-26-25-62-5)9-6-10-46-48(4,16-7-35-69(53,54)55)43-38-41(71(59,60)61)12-14-44(43)50(46)20-23-64-28-31-67-32-29-65-24-21-51/h6,9-15,37-38,51-52H,7-8,16-36H2,1-5H3,(H,53,54,55)(H,56,57,58)(H,59,60,61)/b9-6+,39-15-,46-10-. The van der Waals surface area contributed by atoms with Gasteiger partial charge < -0.3 is 53.2 Å². The average molecular weight is 1070 g/mol. The number of aliphatic hydroxyl groups excluding tert-OH is 1. The summed E-state index contributed by atoms with van der Waals surface area (Å²) in [6.07, 6.45) is 8.29. The van der Waals surface area contributed by atoms with Crippen molar-refractivity contribution in [3.8, 4) is 5.75 Å². The molecule has 0 radical (unpaired) electrons. The number of phenols is 1. The van der Waals surface area contributed by atoms with Crippen molar-refractivity contribution in [1.82, 2.24) is 0 Å². The lowest BCUT2D eigenvalue weighted by atomic mass is 9.77. The predicted octanol–water partition coefficient (Wildman–Crippen LogP) is 5.17. The molecule has 1 aliphatic heterocycles. The second kappa shape index (κ2) is 30.6. The van der Waals surface area contributed by atoms with E-state index in [-0.39, 0.29) is 88.1 Å². The van der Waals surface area contributed by atoms with Crippen molar-refractivity contribution in [3.05, 3.63) is 77.5 Å². The van der Waals surface area contributed by atoms with E-state index in [0.717, 1.165) is 0 Å². The fourth-order valence-electron chi connectivity index (χ4n) is 7.62. The van der Waals surface area contributed by atoms with Crippen LogP contribution in [0.2, 0.25) is 0 Å². The molecular formula is C48H76N2O18S3. The number of fused-ring (bicyclic) bond motifs is 1. The molecule has 1 unspecified atom stereocenters. The maximum Gasteiger partial charge on any atom is 0.294 e. The highest BCUT2D eigenvalue weighted by atomic mass is 32.2. The van der Waals surface area contributed by atoms with Gasteiger partial charge in [0.2, 0.25) is 0 Å². The quantitative estimate of drug-likeness (QED) is 0.0332. The van der Waals surface area contributed by atoms with E-state index < -0.39 is 47.3 Å². The third-order valence-electron chi connectivity index (χ3n) is 11.2. The number of nitrogens with zero attached hydrogens (tertiary/aromatic N) is 2. The van der Waals surface area contributed by atoms with Gasteiger partial charge in [-0.25, -0.2) is 0 Å². The van der Waals surface area contributed by atoms with Crippen molar-refractivity contribution in [2.75, 3.05) is 141 Å². The topological polar surface area (TPSA) is 275 Å². The largest absolute Gasteiger partial charge is 0.507 e. The molecular weight excluding hydrogens is 989 g/mol. The molecule has 0 spiro atoms. The number of allylic oxidation sites excluding steroid dienone is 6. The van der Waals surface area contributed by atoms with Gasteiger partial charge in [0.15, 0.2) is 0 Å². The maximum atomic E-state index is 12.4. The van der Waals surface area contributed by atoms with Crippen LogP contribution in [0.5, 0.6) is 5.75 Å². The highest BCUT2D eigenvalue weighted by molar-refractivity contribution is 7.86. The molecule has 20 nitrogen and oxygen atoms in total. The van der Waals surface area contributed by atoms with Crippen LogP contribution >= 0.6 is 0 Å². The van der Waals surface area contributed by atoms with Crippen molar-refractivity contribution >= 4 is 47.3 Å². The third kappa shape index (κ3) is 23.5. The van der Waals surface area contributed by atoms with Crippen LogP contribution < -0.4 is 9.80 Å². The van der Waals surface area contributed by atoms with Gasteiger partial charge in [-0.05, 0) is 85.6 Å². The normalized spacial score (nSPS) is 16.4. The zero-order chi connectivity index (χ0) is 52.6. The number of phenolic OH excluding ortho intramolecular Hbond substituents is 1. The summed E-state index contributed by atoms with van der Waals surface area (Å²) in [5.74, 6) is -1.07. The molecule has 404 valence electrons. The van der Waals surface area contributed by atoms with Gasteiger partial charge in [0, 0.05) is 60.9 Å². The molecule has 1 atom stereocenters. The Labute approximate surface area is 420 Å². The smallest absolute Gasteiger partial charge is 0.294 e. The van der Waals surface area contributed by atoms with E-state index in [9.17, 15) is 44.0 Å². The Morgan fingerprint density at radius 2 is 1.28 bits per heavy atom. The predicted molar refractivity (Wildman–Crippen MR) is 271 cm³/mol. The van der Waals surface area contributed by atoms with Crippen LogP contribution in [0.1, 0.15) is 64.5 Å². The van der Waals surface area contributed by atoms with Gasteiger partial charge in [0.1, 0.15) is 5.75 Å².